The van der Waals surface area contributed by atoms with Gasteiger partial charge in [-0.2, -0.15) is 5.10 Å². The topological polar surface area (TPSA) is 122 Å². The highest BCUT2D eigenvalue weighted by atomic mass is 79.9. The van der Waals surface area contributed by atoms with Crippen LogP contribution in [-0.4, -0.2) is 45.0 Å². The van der Waals surface area contributed by atoms with Gasteiger partial charge < -0.3 is 14.0 Å². The molecule has 0 unspecified atom stereocenters. The highest BCUT2D eigenvalue weighted by Gasteiger charge is 2.15. The normalized spacial score (nSPS) is 11.2. The lowest BCUT2D eigenvalue weighted by atomic mass is 10.2. The number of benzene rings is 1. The number of carbonyl (C=O) groups excluding carboxylic acids is 1. The molecule has 0 fully saturated rings. The molecule has 1 N–H and O–H groups in total. The van der Waals surface area contributed by atoms with Crippen LogP contribution in [0.15, 0.2) is 37.6 Å². The molecule has 1 aromatic carbocycles. The number of rotatable bonds is 6. The van der Waals surface area contributed by atoms with Gasteiger partial charge in [-0.25, -0.2) is 15.2 Å². The lowest BCUT2D eigenvalue weighted by Crippen LogP contribution is -2.37. The molecule has 3 rings (SSSR count). The molecule has 0 aliphatic carbocycles. The molecule has 0 aliphatic rings. The molecule has 2 heterocycles. The summed E-state index contributed by atoms with van der Waals surface area (Å²) in [5.74, 6) is 0.602. The zero-order valence-corrected chi connectivity index (χ0v) is 18.3. The summed E-state index contributed by atoms with van der Waals surface area (Å²) < 4.78 is 14.8. The first-order valence-corrected chi connectivity index (χ1v) is 9.42. The van der Waals surface area contributed by atoms with Gasteiger partial charge in [0.05, 0.1) is 26.8 Å². The number of amides is 1. The lowest BCUT2D eigenvalue weighted by Gasteiger charge is -2.09. The van der Waals surface area contributed by atoms with Gasteiger partial charge in [-0.05, 0) is 28.1 Å². The van der Waals surface area contributed by atoms with E-state index >= 15 is 0 Å². The number of aryl methyl sites for hydroxylation is 1. The first-order chi connectivity index (χ1) is 14.3. The number of ether oxygens (including phenoxy) is 2. The minimum absolute atomic E-state index is 0.102. The molecule has 0 aliphatic heterocycles. The van der Waals surface area contributed by atoms with Gasteiger partial charge in [0.2, 0.25) is 0 Å². The fourth-order valence-electron chi connectivity index (χ4n) is 2.89. The smallest absolute Gasteiger partial charge is 0.332 e. The SMILES string of the molecule is COc1cc(Br)c(C=NNC(=O)Cn2cnc3c(=O)n(C)c(=O)n(C)c32)cc1OC. The summed E-state index contributed by atoms with van der Waals surface area (Å²) >= 11 is 3.41. The molecule has 30 heavy (non-hydrogen) atoms. The molecule has 0 saturated carbocycles. The van der Waals surface area contributed by atoms with E-state index in [1.54, 1.807) is 12.1 Å². The van der Waals surface area contributed by atoms with Crippen LogP contribution in [0.25, 0.3) is 11.2 Å². The molecule has 2 aromatic heterocycles. The molecule has 158 valence electrons. The van der Waals surface area contributed by atoms with E-state index in [1.807, 2.05) is 0 Å². The first kappa shape index (κ1) is 21.3. The van der Waals surface area contributed by atoms with Gasteiger partial charge in [0, 0.05) is 24.1 Å². The Labute approximate surface area is 178 Å². The summed E-state index contributed by atoms with van der Waals surface area (Å²) in [6.07, 6.45) is 2.78. The minimum atomic E-state index is -0.524. The average Bonchev–Trinajstić information content (AvgIpc) is 3.15. The van der Waals surface area contributed by atoms with Crippen LogP contribution in [0.4, 0.5) is 0 Å². The highest BCUT2D eigenvalue weighted by molar-refractivity contribution is 9.10. The molecule has 3 aromatic rings. The number of imidazole rings is 1. The van der Waals surface area contributed by atoms with Gasteiger partial charge >= 0.3 is 5.69 Å². The van der Waals surface area contributed by atoms with Crippen molar-refractivity contribution in [1.29, 1.82) is 0 Å². The van der Waals surface area contributed by atoms with Gasteiger partial charge in [0.1, 0.15) is 12.2 Å². The van der Waals surface area contributed by atoms with E-state index in [-0.39, 0.29) is 17.7 Å². The highest BCUT2D eigenvalue weighted by Crippen LogP contribution is 2.32. The van der Waals surface area contributed by atoms with E-state index in [2.05, 4.69) is 31.4 Å². The van der Waals surface area contributed by atoms with Crippen molar-refractivity contribution in [3.05, 3.63) is 49.3 Å². The molecule has 1 amide bonds. The van der Waals surface area contributed by atoms with E-state index in [4.69, 9.17) is 9.47 Å². The Morgan fingerprint density at radius 2 is 1.87 bits per heavy atom. The molecule has 11 nitrogen and oxygen atoms in total. The Bertz CT molecular complexity index is 1270. The lowest BCUT2D eigenvalue weighted by molar-refractivity contribution is -0.121. The maximum atomic E-state index is 12.3. The van der Waals surface area contributed by atoms with E-state index < -0.39 is 17.2 Å². The van der Waals surface area contributed by atoms with E-state index in [0.717, 1.165) is 4.57 Å². The maximum Gasteiger partial charge on any atom is 0.332 e. The summed E-state index contributed by atoms with van der Waals surface area (Å²) in [6.45, 7) is -0.179. The molecular formula is C18H19BrN6O5. The fraction of sp³-hybridized carbons (Fsp3) is 0.278. The van der Waals surface area contributed by atoms with Crippen LogP contribution in [0.2, 0.25) is 0 Å². The van der Waals surface area contributed by atoms with Crippen LogP contribution in [-0.2, 0) is 25.4 Å². The minimum Gasteiger partial charge on any atom is -0.493 e. The van der Waals surface area contributed by atoms with Crippen molar-refractivity contribution < 1.29 is 14.3 Å². The van der Waals surface area contributed by atoms with Crippen molar-refractivity contribution in [2.45, 2.75) is 6.54 Å². The summed E-state index contributed by atoms with van der Waals surface area (Å²) in [4.78, 5) is 40.6. The Morgan fingerprint density at radius 3 is 2.53 bits per heavy atom. The number of carbonyl (C=O) groups is 1. The zero-order valence-electron chi connectivity index (χ0n) is 16.7. The number of methoxy groups -OCH3 is 2. The van der Waals surface area contributed by atoms with Crippen LogP contribution in [0.1, 0.15) is 5.56 Å². The largest absolute Gasteiger partial charge is 0.493 e. The maximum absolute atomic E-state index is 12.3. The summed E-state index contributed by atoms with van der Waals surface area (Å²) in [5.41, 5.74) is 2.39. The Morgan fingerprint density at radius 1 is 1.20 bits per heavy atom. The van der Waals surface area contributed by atoms with Crippen LogP contribution >= 0.6 is 15.9 Å². The Kier molecular flexibility index (Phi) is 6.06. The predicted molar refractivity (Wildman–Crippen MR) is 113 cm³/mol. The number of hydrazone groups is 1. The van der Waals surface area contributed by atoms with Gasteiger partial charge in [0.15, 0.2) is 17.0 Å². The number of hydrogen-bond acceptors (Lipinski definition) is 7. The van der Waals surface area contributed by atoms with Crippen molar-refractivity contribution in [2.24, 2.45) is 19.2 Å². The second-order valence-corrected chi connectivity index (χ2v) is 7.13. The third-order valence-corrected chi connectivity index (χ3v) is 5.11. The first-order valence-electron chi connectivity index (χ1n) is 8.62. The van der Waals surface area contributed by atoms with Crippen LogP contribution in [0.3, 0.4) is 0 Å². The number of halogens is 1. The van der Waals surface area contributed by atoms with Crippen molar-refractivity contribution >= 4 is 39.2 Å². The van der Waals surface area contributed by atoms with E-state index in [0.29, 0.717) is 21.5 Å². The second kappa shape index (κ2) is 8.53. The van der Waals surface area contributed by atoms with Crippen LogP contribution < -0.4 is 26.1 Å². The molecule has 0 radical (unpaired) electrons. The average molecular weight is 479 g/mol. The van der Waals surface area contributed by atoms with E-state index in [9.17, 15) is 14.4 Å². The van der Waals surface area contributed by atoms with Crippen LogP contribution in [0.5, 0.6) is 11.5 Å². The number of nitrogens with one attached hydrogen (secondary N) is 1. The number of fused-ring (bicyclic) bond motifs is 1. The van der Waals surface area contributed by atoms with Crippen molar-refractivity contribution in [3.8, 4) is 11.5 Å². The summed E-state index contributed by atoms with van der Waals surface area (Å²) in [6, 6.07) is 3.42. The standard InChI is InChI=1S/C18H19BrN6O5/c1-23-16-15(17(27)24(2)18(23)28)20-9-25(16)8-14(26)22-21-7-10-5-12(29-3)13(30-4)6-11(10)19/h5-7,9H,8H2,1-4H3,(H,22,26). The molecule has 0 atom stereocenters. The van der Waals surface area contributed by atoms with Crippen molar-refractivity contribution in [2.75, 3.05) is 14.2 Å². The Balaban J connectivity index is 1.79. The molecule has 12 heteroatoms. The van der Waals surface area contributed by atoms with Gasteiger partial charge in [0.25, 0.3) is 11.5 Å². The molecule has 0 bridgehead atoms. The quantitative estimate of drug-likeness (QED) is 0.403. The second-order valence-electron chi connectivity index (χ2n) is 6.27. The summed E-state index contributed by atoms with van der Waals surface area (Å²) in [5, 5.41) is 3.95. The molecule has 0 saturated heterocycles. The van der Waals surface area contributed by atoms with Gasteiger partial charge in [-0.3, -0.25) is 18.7 Å². The van der Waals surface area contributed by atoms with Crippen LogP contribution in [0, 0.1) is 0 Å². The van der Waals surface area contributed by atoms with Gasteiger partial charge in [-0.15, -0.1) is 0 Å². The molecule has 0 spiro atoms. The van der Waals surface area contributed by atoms with Crippen molar-refractivity contribution in [3.63, 3.8) is 0 Å². The van der Waals surface area contributed by atoms with Crippen molar-refractivity contribution in [1.82, 2.24) is 24.1 Å². The third kappa shape index (κ3) is 3.85. The Hall–Kier alpha value is -3.41. The zero-order chi connectivity index (χ0) is 22.0. The number of hydrogen-bond donors (Lipinski definition) is 1. The third-order valence-electron chi connectivity index (χ3n) is 4.42. The summed E-state index contributed by atoms with van der Waals surface area (Å²) in [7, 11) is 5.93. The van der Waals surface area contributed by atoms with Gasteiger partial charge in [-0.1, -0.05) is 0 Å². The fourth-order valence-corrected chi connectivity index (χ4v) is 3.31. The number of aromatic nitrogens is 4. The molecular weight excluding hydrogens is 460 g/mol. The monoisotopic (exact) mass is 478 g/mol. The number of nitrogens with zero attached hydrogens (tertiary/aromatic N) is 5. The van der Waals surface area contributed by atoms with E-state index in [1.165, 1.54) is 50.0 Å². The predicted octanol–water partition coefficient (Wildman–Crippen LogP) is 0.364.